The molecule has 0 radical (unpaired) electrons. The van der Waals surface area contributed by atoms with Crippen LogP contribution >= 0.6 is 11.6 Å². The lowest BCUT2D eigenvalue weighted by atomic mass is 10.2. The van der Waals surface area contributed by atoms with Crippen LogP contribution in [0.5, 0.6) is 23.0 Å². The molecule has 0 saturated carbocycles. The molecule has 0 bridgehead atoms. The molecule has 0 aliphatic rings. The van der Waals surface area contributed by atoms with Crippen molar-refractivity contribution in [3.8, 4) is 23.0 Å². The van der Waals surface area contributed by atoms with Crippen molar-refractivity contribution in [2.45, 2.75) is 19.8 Å². The molecule has 156 valence electrons. The topological polar surface area (TPSA) is 78.4 Å². The smallest absolute Gasteiger partial charge is 0.240 e. The summed E-state index contributed by atoms with van der Waals surface area (Å²) in [6.45, 7) is 2.35. The Balaban J connectivity index is 1.82. The summed E-state index contributed by atoms with van der Waals surface area (Å²) >= 11 is 5.92. The normalized spacial score (nSPS) is 10.7. The third-order valence-corrected chi connectivity index (χ3v) is 4.27. The average Bonchev–Trinajstić information content (AvgIpc) is 2.71. The molecule has 1 amide bonds. The van der Waals surface area contributed by atoms with Gasteiger partial charge in [-0.25, -0.2) is 5.43 Å². The first-order chi connectivity index (χ1) is 14.0. The second-order valence-corrected chi connectivity index (χ2v) is 6.55. The van der Waals surface area contributed by atoms with Crippen molar-refractivity contribution in [3.63, 3.8) is 0 Å². The quantitative estimate of drug-likeness (QED) is 0.357. The van der Waals surface area contributed by atoms with E-state index in [9.17, 15) is 4.79 Å². The molecule has 1 N–H and O–H groups in total. The van der Waals surface area contributed by atoms with Crippen molar-refractivity contribution in [3.05, 3.63) is 46.5 Å². The van der Waals surface area contributed by atoms with Gasteiger partial charge in [-0.05, 0) is 49.2 Å². The molecule has 0 fully saturated rings. The molecule has 29 heavy (non-hydrogen) atoms. The Morgan fingerprint density at radius 3 is 2.34 bits per heavy atom. The van der Waals surface area contributed by atoms with Crippen molar-refractivity contribution < 1.29 is 23.7 Å². The third kappa shape index (κ3) is 6.57. The van der Waals surface area contributed by atoms with E-state index in [4.69, 9.17) is 30.5 Å². The van der Waals surface area contributed by atoms with Crippen molar-refractivity contribution in [1.82, 2.24) is 5.43 Å². The van der Waals surface area contributed by atoms with Crippen molar-refractivity contribution in [1.29, 1.82) is 0 Å². The maximum atomic E-state index is 11.9. The number of halogens is 1. The molecule has 0 heterocycles. The largest absolute Gasteiger partial charge is 0.493 e. The molecule has 7 nitrogen and oxygen atoms in total. The minimum Gasteiger partial charge on any atom is -0.493 e. The average molecular weight is 421 g/mol. The van der Waals surface area contributed by atoms with Crippen LogP contribution in [-0.4, -0.2) is 40.1 Å². The Morgan fingerprint density at radius 2 is 1.76 bits per heavy atom. The summed E-state index contributed by atoms with van der Waals surface area (Å²) < 4.78 is 21.5. The van der Waals surface area contributed by atoms with Crippen LogP contribution in [0.4, 0.5) is 0 Å². The fourth-order valence-corrected chi connectivity index (χ4v) is 2.83. The maximum absolute atomic E-state index is 11.9. The summed E-state index contributed by atoms with van der Waals surface area (Å²) in [7, 11) is 4.60. The molecule has 0 aliphatic carbocycles. The molecule has 2 rings (SSSR count). The molecule has 0 spiro atoms. The number of hydrogen-bond donors (Lipinski definition) is 1. The van der Waals surface area contributed by atoms with E-state index in [1.165, 1.54) is 27.5 Å². The predicted octanol–water partition coefficient (Wildman–Crippen LogP) is 3.98. The van der Waals surface area contributed by atoms with Gasteiger partial charge in [0.05, 0.1) is 34.2 Å². The summed E-state index contributed by atoms with van der Waals surface area (Å²) in [5, 5.41) is 4.64. The van der Waals surface area contributed by atoms with E-state index < -0.39 is 0 Å². The number of aryl methyl sites for hydroxylation is 1. The summed E-state index contributed by atoms with van der Waals surface area (Å²) in [5.41, 5.74) is 4.15. The van der Waals surface area contributed by atoms with Crippen LogP contribution in [0.1, 0.15) is 24.0 Å². The number of ether oxygens (including phenoxy) is 4. The summed E-state index contributed by atoms with van der Waals surface area (Å²) in [5.74, 6) is 2.07. The molecule has 0 saturated heterocycles. The standard InChI is InChI=1S/C21H25ClN2O5/c1-14-10-16(22)7-8-17(14)29-9-5-6-20(25)24-23-13-15-11-18(26-2)21(28-4)19(12-15)27-3/h7-8,10-13H,5-6,9H2,1-4H3,(H,24,25). The predicted molar refractivity (Wildman–Crippen MR) is 113 cm³/mol. The first kappa shape index (κ1) is 22.4. The Bertz CT molecular complexity index is 845. The number of nitrogens with one attached hydrogen (secondary N) is 1. The number of amides is 1. The molecular weight excluding hydrogens is 396 g/mol. The number of hydrazone groups is 1. The summed E-state index contributed by atoms with van der Waals surface area (Å²) in [6.07, 6.45) is 2.36. The van der Waals surface area contributed by atoms with E-state index in [-0.39, 0.29) is 5.91 Å². The van der Waals surface area contributed by atoms with E-state index in [2.05, 4.69) is 10.5 Å². The highest BCUT2D eigenvalue weighted by Gasteiger charge is 2.12. The van der Waals surface area contributed by atoms with Gasteiger partial charge in [0.2, 0.25) is 11.7 Å². The number of carbonyl (C=O) groups is 1. The molecule has 0 aliphatic heterocycles. The number of hydrogen-bond acceptors (Lipinski definition) is 6. The molecule has 0 atom stereocenters. The Hall–Kier alpha value is -2.93. The monoisotopic (exact) mass is 420 g/mol. The van der Waals surface area contributed by atoms with Gasteiger partial charge in [0.1, 0.15) is 5.75 Å². The molecular formula is C21H25ClN2O5. The summed E-state index contributed by atoms with van der Waals surface area (Å²) in [6, 6.07) is 8.90. The van der Waals surface area contributed by atoms with Gasteiger partial charge >= 0.3 is 0 Å². The zero-order valence-electron chi connectivity index (χ0n) is 17.0. The minimum absolute atomic E-state index is 0.204. The molecule has 2 aromatic rings. The van der Waals surface area contributed by atoms with Crippen molar-refractivity contribution in [2.24, 2.45) is 5.10 Å². The Kier molecular flexibility index (Phi) is 8.61. The van der Waals surface area contributed by atoms with Crippen LogP contribution in [0.25, 0.3) is 0 Å². The van der Waals surface area contributed by atoms with Gasteiger partial charge in [0, 0.05) is 17.0 Å². The zero-order valence-corrected chi connectivity index (χ0v) is 17.7. The van der Waals surface area contributed by atoms with Crippen LogP contribution < -0.4 is 24.4 Å². The van der Waals surface area contributed by atoms with E-state index in [1.807, 2.05) is 19.1 Å². The van der Waals surface area contributed by atoms with E-state index >= 15 is 0 Å². The van der Waals surface area contributed by atoms with Gasteiger partial charge in [-0.1, -0.05) is 11.6 Å². The number of rotatable bonds is 10. The highest BCUT2D eigenvalue weighted by atomic mass is 35.5. The highest BCUT2D eigenvalue weighted by molar-refractivity contribution is 6.30. The molecule has 8 heteroatoms. The van der Waals surface area contributed by atoms with Gasteiger partial charge in [-0.3, -0.25) is 4.79 Å². The van der Waals surface area contributed by atoms with Crippen LogP contribution in [0, 0.1) is 6.92 Å². The van der Waals surface area contributed by atoms with Crippen LogP contribution in [-0.2, 0) is 4.79 Å². The lowest BCUT2D eigenvalue weighted by molar-refractivity contribution is -0.121. The first-order valence-corrected chi connectivity index (χ1v) is 9.37. The number of benzene rings is 2. The fourth-order valence-electron chi connectivity index (χ4n) is 2.60. The van der Waals surface area contributed by atoms with E-state index in [0.29, 0.717) is 47.3 Å². The van der Waals surface area contributed by atoms with E-state index in [0.717, 1.165) is 11.3 Å². The van der Waals surface area contributed by atoms with Gasteiger partial charge in [0.15, 0.2) is 11.5 Å². The highest BCUT2D eigenvalue weighted by Crippen LogP contribution is 2.37. The molecule has 2 aromatic carbocycles. The van der Waals surface area contributed by atoms with E-state index in [1.54, 1.807) is 18.2 Å². The number of methoxy groups -OCH3 is 3. The Morgan fingerprint density at radius 1 is 1.07 bits per heavy atom. The third-order valence-electron chi connectivity index (χ3n) is 4.03. The van der Waals surface area contributed by atoms with Gasteiger partial charge in [-0.15, -0.1) is 0 Å². The number of nitrogens with zero attached hydrogens (tertiary/aromatic N) is 1. The molecule has 0 aromatic heterocycles. The zero-order chi connectivity index (χ0) is 21.2. The van der Waals surface area contributed by atoms with Crippen LogP contribution in [0.15, 0.2) is 35.4 Å². The van der Waals surface area contributed by atoms with Gasteiger partial charge in [0.25, 0.3) is 0 Å². The number of carbonyl (C=O) groups excluding carboxylic acids is 1. The van der Waals surface area contributed by atoms with Gasteiger partial charge in [-0.2, -0.15) is 5.10 Å². The van der Waals surface area contributed by atoms with Crippen molar-refractivity contribution >= 4 is 23.7 Å². The van der Waals surface area contributed by atoms with Crippen LogP contribution in [0.3, 0.4) is 0 Å². The Labute approximate surface area is 175 Å². The SMILES string of the molecule is COc1cc(C=NNC(=O)CCCOc2ccc(Cl)cc2C)cc(OC)c1OC. The second-order valence-electron chi connectivity index (χ2n) is 6.11. The molecule has 0 unspecified atom stereocenters. The second kappa shape index (κ2) is 11.2. The summed E-state index contributed by atoms with van der Waals surface area (Å²) in [4.78, 5) is 11.9. The lowest BCUT2D eigenvalue weighted by Gasteiger charge is -2.12. The minimum atomic E-state index is -0.204. The first-order valence-electron chi connectivity index (χ1n) is 8.99. The van der Waals surface area contributed by atoms with Crippen molar-refractivity contribution in [2.75, 3.05) is 27.9 Å². The van der Waals surface area contributed by atoms with Crippen LogP contribution in [0.2, 0.25) is 5.02 Å². The maximum Gasteiger partial charge on any atom is 0.240 e. The van der Waals surface area contributed by atoms with Gasteiger partial charge < -0.3 is 18.9 Å². The fraction of sp³-hybridized carbons (Fsp3) is 0.333. The lowest BCUT2D eigenvalue weighted by Crippen LogP contribution is -2.18.